The van der Waals surface area contributed by atoms with Gasteiger partial charge in [0.15, 0.2) is 0 Å². The minimum atomic E-state index is -0.00190. The molecule has 0 spiro atoms. The first-order valence-electron chi connectivity index (χ1n) is 6.78. The molecule has 1 aromatic carbocycles. The van der Waals surface area contributed by atoms with Crippen molar-refractivity contribution in [2.24, 2.45) is 5.73 Å². The van der Waals surface area contributed by atoms with E-state index in [1.165, 1.54) is 27.8 Å². The van der Waals surface area contributed by atoms with E-state index in [0.717, 1.165) is 17.9 Å². The summed E-state index contributed by atoms with van der Waals surface area (Å²) in [5.41, 5.74) is 12.7. The van der Waals surface area contributed by atoms with Gasteiger partial charge in [0.1, 0.15) is 11.5 Å². The highest BCUT2D eigenvalue weighted by Crippen LogP contribution is 2.28. The molecule has 19 heavy (non-hydrogen) atoms. The lowest BCUT2D eigenvalue weighted by atomic mass is 9.93. The van der Waals surface area contributed by atoms with Gasteiger partial charge in [-0.3, -0.25) is 0 Å². The van der Waals surface area contributed by atoms with Crippen LogP contribution in [0.15, 0.2) is 22.6 Å². The number of hydrogen-bond donors (Lipinski definition) is 1. The van der Waals surface area contributed by atoms with E-state index in [1.54, 1.807) is 0 Å². The molecule has 0 saturated heterocycles. The van der Waals surface area contributed by atoms with E-state index in [0.29, 0.717) is 0 Å². The van der Waals surface area contributed by atoms with Gasteiger partial charge < -0.3 is 10.2 Å². The number of rotatable bonds is 3. The Labute approximate surface area is 115 Å². The molecule has 0 fully saturated rings. The average molecular weight is 257 g/mol. The molecule has 2 rings (SSSR count). The molecule has 1 heterocycles. The maximum atomic E-state index is 6.40. The maximum absolute atomic E-state index is 6.40. The van der Waals surface area contributed by atoms with Gasteiger partial charge in [-0.05, 0) is 57.7 Å². The third-order valence-corrected chi connectivity index (χ3v) is 3.93. The highest BCUT2D eigenvalue weighted by molar-refractivity contribution is 5.37. The molecule has 0 amide bonds. The van der Waals surface area contributed by atoms with E-state index in [9.17, 15) is 0 Å². The third kappa shape index (κ3) is 2.74. The zero-order chi connectivity index (χ0) is 14.2. The van der Waals surface area contributed by atoms with Crippen molar-refractivity contribution in [3.8, 4) is 0 Å². The van der Waals surface area contributed by atoms with E-state index in [-0.39, 0.29) is 6.04 Å². The summed E-state index contributed by atoms with van der Waals surface area (Å²) in [5, 5.41) is 0. The lowest BCUT2D eigenvalue weighted by Crippen LogP contribution is -2.15. The number of hydrogen-bond acceptors (Lipinski definition) is 2. The van der Waals surface area contributed by atoms with Crippen molar-refractivity contribution in [2.45, 2.75) is 47.1 Å². The van der Waals surface area contributed by atoms with Crippen LogP contribution in [0.2, 0.25) is 0 Å². The molecule has 2 nitrogen and oxygen atoms in total. The van der Waals surface area contributed by atoms with Gasteiger partial charge in [0.05, 0.1) is 0 Å². The predicted octanol–water partition coefficient (Wildman–Crippen LogP) is 4.06. The monoisotopic (exact) mass is 257 g/mol. The lowest BCUT2D eigenvalue weighted by molar-refractivity contribution is 0.496. The molecule has 2 aromatic rings. The van der Waals surface area contributed by atoms with Crippen LogP contribution in [0, 0.1) is 34.6 Å². The van der Waals surface area contributed by atoms with Crippen molar-refractivity contribution >= 4 is 0 Å². The van der Waals surface area contributed by atoms with Crippen molar-refractivity contribution in [2.75, 3.05) is 0 Å². The summed E-state index contributed by atoms with van der Waals surface area (Å²) in [4.78, 5) is 0. The Balaban J connectivity index is 2.30. The van der Waals surface area contributed by atoms with Crippen LogP contribution in [0.4, 0.5) is 0 Å². The van der Waals surface area contributed by atoms with Crippen molar-refractivity contribution in [1.29, 1.82) is 0 Å². The first-order valence-corrected chi connectivity index (χ1v) is 6.78. The minimum Gasteiger partial charge on any atom is -0.466 e. The van der Waals surface area contributed by atoms with Gasteiger partial charge in [-0.15, -0.1) is 0 Å². The fourth-order valence-electron chi connectivity index (χ4n) is 2.71. The SMILES string of the molecule is Cc1ccc(C)c(CC(N)c2c(C)oc(C)c2C)c1. The normalized spacial score (nSPS) is 12.7. The molecule has 0 aliphatic heterocycles. The van der Waals surface area contributed by atoms with Gasteiger partial charge in [0.25, 0.3) is 0 Å². The second-order valence-electron chi connectivity index (χ2n) is 5.49. The van der Waals surface area contributed by atoms with Gasteiger partial charge in [-0.1, -0.05) is 23.8 Å². The van der Waals surface area contributed by atoms with Crippen LogP contribution in [0.25, 0.3) is 0 Å². The Hall–Kier alpha value is -1.54. The molecule has 1 atom stereocenters. The highest BCUT2D eigenvalue weighted by Gasteiger charge is 2.18. The molecular formula is C17H23NO. The number of furan rings is 1. The van der Waals surface area contributed by atoms with Gasteiger partial charge in [0.2, 0.25) is 0 Å². The van der Waals surface area contributed by atoms with Crippen LogP contribution in [-0.4, -0.2) is 0 Å². The van der Waals surface area contributed by atoms with Crippen molar-refractivity contribution < 1.29 is 4.42 Å². The second-order valence-corrected chi connectivity index (χ2v) is 5.49. The lowest BCUT2D eigenvalue weighted by Gasteiger charge is -2.15. The van der Waals surface area contributed by atoms with Gasteiger partial charge >= 0.3 is 0 Å². The minimum absolute atomic E-state index is 0.00190. The first kappa shape index (κ1) is 13.9. The third-order valence-electron chi connectivity index (χ3n) is 3.93. The summed E-state index contributed by atoms with van der Waals surface area (Å²) in [7, 11) is 0. The summed E-state index contributed by atoms with van der Waals surface area (Å²) in [5.74, 6) is 1.93. The highest BCUT2D eigenvalue weighted by atomic mass is 16.3. The Morgan fingerprint density at radius 2 is 1.74 bits per heavy atom. The molecule has 0 aliphatic rings. The van der Waals surface area contributed by atoms with Crippen molar-refractivity contribution in [3.05, 3.63) is 57.5 Å². The zero-order valence-electron chi connectivity index (χ0n) is 12.5. The van der Waals surface area contributed by atoms with Gasteiger partial charge in [-0.25, -0.2) is 0 Å². The topological polar surface area (TPSA) is 39.2 Å². The number of nitrogens with two attached hydrogens (primary N) is 1. The Morgan fingerprint density at radius 1 is 1.05 bits per heavy atom. The standard InChI is InChI=1S/C17H23NO/c1-10-6-7-11(2)15(8-10)9-16(18)17-12(3)13(4)19-14(17)5/h6-8,16H,9,18H2,1-5H3. The number of benzene rings is 1. The van der Waals surface area contributed by atoms with Gasteiger partial charge in [-0.2, -0.15) is 0 Å². The van der Waals surface area contributed by atoms with Crippen molar-refractivity contribution in [3.63, 3.8) is 0 Å². The Morgan fingerprint density at radius 3 is 2.32 bits per heavy atom. The van der Waals surface area contributed by atoms with E-state index in [1.807, 2.05) is 13.8 Å². The largest absolute Gasteiger partial charge is 0.466 e. The molecule has 0 saturated carbocycles. The quantitative estimate of drug-likeness (QED) is 0.900. The summed E-state index contributed by atoms with van der Waals surface area (Å²) < 4.78 is 5.68. The van der Waals surface area contributed by atoms with E-state index in [2.05, 4.69) is 39.0 Å². The molecule has 1 aromatic heterocycles. The summed E-state index contributed by atoms with van der Waals surface area (Å²) in [6, 6.07) is 6.53. The predicted molar refractivity (Wildman–Crippen MR) is 79.5 cm³/mol. The summed E-state index contributed by atoms with van der Waals surface area (Å²) in [6.07, 6.45) is 0.855. The van der Waals surface area contributed by atoms with Crippen LogP contribution in [0.1, 0.15) is 45.4 Å². The van der Waals surface area contributed by atoms with Crippen LogP contribution >= 0.6 is 0 Å². The Kier molecular flexibility index (Phi) is 3.81. The van der Waals surface area contributed by atoms with Crippen LogP contribution in [-0.2, 0) is 6.42 Å². The van der Waals surface area contributed by atoms with Crippen molar-refractivity contribution in [1.82, 2.24) is 0 Å². The Bertz CT molecular complexity index is 596. The molecule has 1 unspecified atom stereocenters. The first-order chi connectivity index (χ1) is 8.90. The maximum Gasteiger partial charge on any atom is 0.106 e. The molecule has 2 N–H and O–H groups in total. The van der Waals surface area contributed by atoms with E-state index < -0.39 is 0 Å². The molecule has 2 heteroatoms. The molecule has 102 valence electrons. The van der Waals surface area contributed by atoms with Gasteiger partial charge in [0, 0.05) is 11.6 Å². The fourth-order valence-corrected chi connectivity index (χ4v) is 2.71. The smallest absolute Gasteiger partial charge is 0.106 e. The zero-order valence-corrected chi connectivity index (χ0v) is 12.5. The molecule has 0 aliphatic carbocycles. The fraction of sp³-hybridized carbons (Fsp3) is 0.412. The molecule has 0 bridgehead atoms. The average Bonchev–Trinajstić information content (AvgIpc) is 2.58. The van der Waals surface area contributed by atoms with Crippen LogP contribution in [0.3, 0.4) is 0 Å². The van der Waals surface area contributed by atoms with Crippen LogP contribution in [0.5, 0.6) is 0 Å². The second kappa shape index (κ2) is 5.22. The molecule has 0 radical (unpaired) electrons. The van der Waals surface area contributed by atoms with E-state index in [4.69, 9.17) is 10.2 Å². The van der Waals surface area contributed by atoms with Crippen LogP contribution < -0.4 is 5.73 Å². The summed E-state index contributed by atoms with van der Waals surface area (Å²) >= 11 is 0. The molecular weight excluding hydrogens is 234 g/mol. The number of aryl methyl sites for hydroxylation is 4. The van der Waals surface area contributed by atoms with E-state index >= 15 is 0 Å². The summed E-state index contributed by atoms with van der Waals surface area (Å²) in [6.45, 7) is 10.3.